The van der Waals surface area contributed by atoms with Crippen molar-refractivity contribution in [3.05, 3.63) is 42.5 Å². The van der Waals surface area contributed by atoms with Crippen LogP contribution in [0.1, 0.15) is 32.0 Å². The average Bonchev–Trinajstić information content (AvgIpc) is 3.07. The molecule has 5 nitrogen and oxygen atoms in total. The number of amides is 2. The summed E-state index contributed by atoms with van der Waals surface area (Å²) in [5.74, 6) is 2.75. The first kappa shape index (κ1) is 18.8. The van der Waals surface area contributed by atoms with E-state index in [4.69, 9.17) is 0 Å². The van der Waals surface area contributed by atoms with E-state index >= 15 is 0 Å². The molecule has 0 bridgehead atoms. The van der Waals surface area contributed by atoms with Crippen molar-refractivity contribution in [2.45, 2.75) is 44.6 Å². The third kappa shape index (κ3) is 4.81. The molecule has 1 N–H and O–H groups in total. The summed E-state index contributed by atoms with van der Waals surface area (Å²) >= 11 is 1.76. The van der Waals surface area contributed by atoms with E-state index in [0.717, 1.165) is 61.1 Å². The molecule has 1 aliphatic rings. The number of carbonyl (C=O) groups is 1. The first-order chi connectivity index (χ1) is 12.7. The second kappa shape index (κ2) is 9.12. The molecule has 0 spiro atoms. The van der Waals surface area contributed by atoms with Gasteiger partial charge in [-0.15, -0.1) is 11.8 Å². The molecule has 1 fully saturated rings. The Labute approximate surface area is 160 Å². The molecule has 1 aromatic carbocycles. The Kier molecular flexibility index (Phi) is 6.61. The Bertz CT molecular complexity index is 722. The number of imidazole rings is 1. The predicted molar refractivity (Wildman–Crippen MR) is 108 cm³/mol. The van der Waals surface area contributed by atoms with E-state index in [-0.39, 0.29) is 6.03 Å². The van der Waals surface area contributed by atoms with Gasteiger partial charge in [-0.2, -0.15) is 0 Å². The Morgan fingerprint density at radius 1 is 1.31 bits per heavy atom. The summed E-state index contributed by atoms with van der Waals surface area (Å²) in [4.78, 5) is 20.0. The Morgan fingerprint density at radius 3 is 2.77 bits per heavy atom. The number of likely N-dealkylation sites (tertiary alicyclic amines) is 1. The van der Waals surface area contributed by atoms with E-state index in [1.165, 1.54) is 0 Å². The topological polar surface area (TPSA) is 50.2 Å². The van der Waals surface area contributed by atoms with E-state index in [1.54, 1.807) is 11.8 Å². The standard InChI is InChI=1S/C20H28N4OS/c1-3-26-19-7-5-4-6-18(19)22-20(25)24-13-9-17(10-14-24)8-12-23-15-11-21-16(23)2/h4-7,11,15,17H,3,8-10,12-14H2,1-2H3,(H,22,25). The molecule has 2 amide bonds. The summed E-state index contributed by atoms with van der Waals surface area (Å²) in [5.41, 5.74) is 0.919. The molecule has 1 aromatic heterocycles. The number of aromatic nitrogens is 2. The van der Waals surface area contributed by atoms with Gasteiger partial charge < -0.3 is 14.8 Å². The number of nitrogens with zero attached hydrogens (tertiary/aromatic N) is 3. The number of carbonyl (C=O) groups excluding carboxylic acids is 1. The normalized spacial score (nSPS) is 15.2. The summed E-state index contributed by atoms with van der Waals surface area (Å²) in [6.07, 6.45) is 7.21. The maximum atomic E-state index is 12.6. The number of benzene rings is 1. The van der Waals surface area contributed by atoms with Crippen molar-refractivity contribution in [2.75, 3.05) is 24.2 Å². The Balaban J connectivity index is 1.47. The van der Waals surface area contributed by atoms with Crippen molar-refractivity contribution in [1.82, 2.24) is 14.5 Å². The van der Waals surface area contributed by atoms with Crippen LogP contribution in [0.3, 0.4) is 0 Å². The highest BCUT2D eigenvalue weighted by Gasteiger charge is 2.23. The van der Waals surface area contributed by atoms with Gasteiger partial charge in [-0.1, -0.05) is 19.1 Å². The quantitative estimate of drug-likeness (QED) is 0.752. The van der Waals surface area contributed by atoms with Crippen molar-refractivity contribution in [3.8, 4) is 0 Å². The minimum atomic E-state index is 0.0260. The smallest absolute Gasteiger partial charge is 0.321 e. The highest BCUT2D eigenvalue weighted by molar-refractivity contribution is 7.99. The van der Waals surface area contributed by atoms with Gasteiger partial charge in [0.25, 0.3) is 0 Å². The second-order valence-electron chi connectivity index (χ2n) is 6.75. The summed E-state index contributed by atoms with van der Waals surface area (Å²) in [6, 6.07) is 8.06. The number of nitrogens with one attached hydrogen (secondary N) is 1. The minimum absolute atomic E-state index is 0.0260. The summed E-state index contributed by atoms with van der Waals surface area (Å²) < 4.78 is 2.21. The van der Waals surface area contributed by atoms with Gasteiger partial charge in [0.2, 0.25) is 0 Å². The number of hydrogen-bond donors (Lipinski definition) is 1. The van der Waals surface area contributed by atoms with E-state index in [0.29, 0.717) is 5.92 Å². The Hall–Kier alpha value is -1.95. The molecule has 0 radical (unpaired) electrons. The van der Waals surface area contributed by atoms with E-state index in [1.807, 2.05) is 42.4 Å². The molecule has 26 heavy (non-hydrogen) atoms. The van der Waals surface area contributed by atoms with Crippen molar-refractivity contribution >= 4 is 23.5 Å². The number of aryl methyl sites for hydroxylation is 2. The van der Waals surface area contributed by atoms with Gasteiger partial charge in [-0.3, -0.25) is 0 Å². The van der Waals surface area contributed by atoms with Crippen LogP contribution in [0.5, 0.6) is 0 Å². The maximum absolute atomic E-state index is 12.6. The molecular weight excluding hydrogens is 344 g/mol. The lowest BCUT2D eigenvalue weighted by molar-refractivity contribution is 0.178. The molecule has 0 unspecified atom stereocenters. The number of rotatable bonds is 6. The number of anilines is 1. The lowest BCUT2D eigenvalue weighted by Gasteiger charge is -2.32. The third-order valence-electron chi connectivity index (χ3n) is 5.03. The molecule has 2 heterocycles. The van der Waals surface area contributed by atoms with Crippen molar-refractivity contribution in [2.24, 2.45) is 5.92 Å². The van der Waals surface area contributed by atoms with Crippen LogP contribution < -0.4 is 5.32 Å². The zero-order valence-electron chi connectivity index (χ0n) is 15.6. The molecule has 3 rings (SSSR count). The van der Waals surface area contributed by atoms with Gasteiger partial charge >= 0.3 is 6.03 Å². The SMILES string of the molecule is CCSc1ccccc1NC(=O)N1CCC(CCn2ccnc2C)CC1. The van der Waals surface area contributed by atoms with Crippen molar-refractivity contribution < 1.29 is 4.79 Å². The van der Waals surface area contributed by atoms with Gasteiger partial charge in [-0.25, -0.2) is 9.78 Å². The van der Waals surface area contributed by atoms with Crippen LogP contribution >= 0.6 is 11.8 Å². The van der Waals surface area contributed by atoms with Crippen molar-refractivity contribution in [3.63, 3.8) is 0 Å². The van der Waals surface area contributed by atoms with E-state index in [2.05, 4.69) is 27.9 Å². The van der Waals surface area contributed by atoms with Gasteiger partial charge in [0.05, 0.1) is 5.69 Å². The molecule has 140 valence electrons. The lowest BCUT2D eigenvalue weighted by Crippen LogP contribution is -2.41. The Morgan fingerprint density at radius 2 is 2.08 bits per heavy atom. The molecular formula is C20H28N4OS. The van der Waals surface area contributed by atoms with Crippen LogP contribution in [0.2, 0.25) is 0 Å². The molecule has 1 saturated heterocycles. The third-order valence-corrected chi connectivity index (χ3v) is 5.99. The van der Waals surface area contributed by atoms with Crippen LogP contribution in [-0.2, 0) is 6.54 Å². The molecule has 0 atom stereocenters. The number of hydrogen-bond acceptors (Lipinski definition) is 3. The molecule has 6 heteroatoms. The van der Waals surface area contributed by atoms with Crippen LogP contribution in [-0.4, -0.2) is 39.3 Å². The molecule has 2 aromatic rings. The van der Waals surface area contributed by atoms with Crippen LogP contribution in [0.15, 0.2) is 41.6 Å². The number of piperidine rings is 1. The molecule has 1 aliphatic heterocycles. The fourth-order valence-corrected chi connectivity index (χ4v) is 4.19. The summed E-state index contributed by atoms with van der Waals surface area (Å²) in [7, 11) is 0. The zero-order chi connectivity index (χ0) is 18.4. The van der Waals surface area contributed by atoms with Gasteiger partial charge in [0.1, 0.15) is 5.82 Å². The molecule has 0 saturated carbocycles. The fourth-order valence-electron chi connectivity index (χ4n) is 3.43. The largest absolute Gasteiger partial charge is 0.335 e. The van der Waals surface area contributed by atoms with Crippen LogP contribution in [0, 0.1) is 12.8 Å². The van der Waals surface area contributed by atoms with E-state index in [9.17, 15) is 4.79 Å². The lowest BCUT2D eigenvalue weighted by atomic mass is 9.93. The zero-order valence-corrected chi connectivity index (χ0v) is 16.5. The van der Waals surface area contributed by atoms with Crippen LogP contribution in [0.25, 0.3) is 0 Å². The highest BCUT2D eigenvalue weighted by atomic mass is 32.2. The number of thioether (sulfide) groups is 1. The summed E-state index contributed by atoms with van der Waals surface area (Å²) in [5, 5.41) is 3.10. The van der Waals surface area contributed by atoms with Crippen molar-refractivity contribution in [1.29, 1.82) is 0 Å². The molecule has 0 aliphatic carbocycles. The average molecular weight is 373 g/mol. The predicted octanol–water partition coefficient (Wildman–Crippen LogP) is 4.64. The first-order valence-corrected chi connectivity index (χ1v) is 10.4. The van der Waals surface area contributed by atoms with Crippen LogP contribution in [0.4, 0.5) is 10.5 Å². The fraction of sp³-hybridized carbons (Fsp3) is 0.500. The first-order valence-electron chi connectivity index (χ1n) is 9.43. The minimum Gasteiger partial charge on any atom is -0.335 e. The summed E-state index contributed by atoms with van der Waals surface area (Å²) in [6.45, 7) is 6.86. The number of urea groups is 1. The van der Waals surface area contributed by atoms with E-state index < -0.39 is 0 Å². The second-order valence-corrected chi connectivity index (χ2v) is 8.05. The van der Waals surface area contributed by atoms with Gasteiger partial charge in [0, 0.05) is 36.9 Å². The number of para-hydroxylation sites is 1. The van der Waals surface area contributed by atoms with Gasteiger partial charge in [-0.05, 0) is 50.0 Å². The van der Waals surface area contributed by atoms with Gasteiger partial charge in [0.15, 0.2) is 0 Å². The maximum Gasteiger partial charge on any atom is 0.321 e. The monoisotopic (exact) mass is 372 g/mol. The highest BCUT2D eigenvalue weighted by Crippen LogP contribution is 2.27.